The van der Waals surface area contributed by atoms with Crippen LogP contribution in [0, 0.1) is 17.8 Å². The molecule has 0 radical (unpaired) electrons. The lowest BCUT2D eigenvalue weighted by Crippen LogP contribution is -2.52. The minimum atomic E-state index is 0.919. The van der Waals surface area contributed by atoms with E-state index < -0.39 is 0 Å². The fourth-order valence-corrected chi connectivity index (χ4v) is 4.30. The maximum atomic E-state index is 3.82. The van der Waals surface area contributed by atoms with E-state index in [0.717, 1.165) is 23.8 Å². The second kappa shape index (κ2) is 3.84. The number of fused-ring (bicyclic) bond motifs is 3. The molecule has 0 aromatic carbocycles. The Morgan fingerprint density at radius 2 is 1.50 bits per heavy atom. The molecule has 0 aromatic heterocycles. The van der Waals surface area contributed by atoms with Gasteiger partial charge in [0.25, 0.3) is 0 Å². The Morgan fingerprint density at radius 3 is 2.50 bits per heavy atom. The molecular formula is C13H23N. The number of nitrogens with one attached hydrogen (secondary N) is 1. The highest BCUT2D eigenvalue weighted by Gasteiger charge is 2.40. The van der Waals surface area contributed by atoms with Gasteiger partial charge < -0.3 is 5.32 Å². The molecule has 0 aromatic rings. The van der Waals surface area contributed by atoms with E-state index in [4.69, 9.17) is 0 Å². The maximum Gasteiger partial charge on any atom is 0.0126 e. The molecule has 2 saturated carbocycles. The van der Waals surface area contributed by atoms with Crippen molar-refractivity contribution in [1.29, 1.82) is 0 Å². The summed E-state index contributed by atoms with van der Waals surface area (Å²) >= 11 is 0. The first kappa shape index (κ1) is 9.21. The molecular weight excluding hydrogens is 170 g/mol. The second-order valence-corrected chi connectivity index (χ2v) is 5.67. The molecule has 1 aliphatic heterocycles. The number of rotatable bonds is 0. The average Bonchev–Trinajstić information content (AvgIpc) is 2.29. The molecule has 1 N–H and O–H groups in total. The fourth-order valence-electron chi connectivity index (χ4n) is 4.30. The highest BCUT2D eigenvalue weighted by Crippen LogP contribution is 2.44. The van der Waals surface area contributed by atoms with Crippen LogP contribution in [0.25, 0.3) is 0 Å². The third kappa shape index (κ3) is 1.50. The van der Waals surface area contributed by atoms with Gasteiger partial charge in [-0.1, -0.05) is 19.3 Å². The molecule has 3 fully saturated rings. The van der Waals surface area contributed by atoms with Crippen LogP contribution in [0.15, 0.2) is 0 Å². The number of hydrogen-bond acceptors (Lipinski definition) is 1. The molecule has 1 saturated heterocycles. The van der Waals surface area contributed by atoms with E-state index in [-0.39, 0.29) is 0 Å². The van der Waals surface area contributed by atoms with E-state index in [1.54, 1.807) is 6.42 Å². The smallest absolute Gasteiger partial charge is 0.0126 e. The third-order valence-corrected chi connectivity index (χ3v) is 4.98. The van der Waals surface area contributed by atoms with Gasteiger partial charge in [-0.15, -0.1) is 0 Å². The second-order valence-electron chi connectivity index (χ2n) is 5.67. The van der Waals surface area contributed by atoms with Crippen LogP contribution in [0.5, 0.6) is 0 Å². The molecule has 0 bridgehead atoms. The first-order valence-electron chi connectivity index (χ1n) is 6.68. The zero-order valence-electron chi connectivity index (χ0n) is 9.17. The van der Waals surface area contributed by atoms with Crippen molar-refractivity contribution in [2.24, 2.45) is 17.8 Å². The lowest BCUT2D eigenvalue weighted by molar-refractivity contribution is 0.0618. The van der Waals surface area contributed by atoms with Crippen molar-refractivity contribution >= 4 is 0 Å². The Morgan fingerprint density at radius 1 is 0.714 bits per heavy atom. The molecule has 3 rings (SSSR count). The van der Waals surface area contributed by atoms with Crippen molar-refractivity contribution in [3.63, 3.8) is 0 Å². The van der Waals surface area contributed by atoms with Crippen LogP contribution in [-0.4, -0.2) is 12.6 Å². The van der Waals surface area contributed by atoms with Crippen molar-refractivity contribution in [2.75, 3.05) is 6.54 Å². The van der Waals surface area contributed by atoms with E-state index >= 15 is 0 Å². The summed E-state index contributed by atoms with van der Waals surface area (Å²) in [7, 11) is 0. The van der Waals surface area contributed by atoms with E-state index in [1.807, 2.05) is 0 Å². The number of piperidine rings is 1. The third-order valence-electron chi connectivity index (χ3n) is 4.98. The minimum Gasteiger partial charge on any atom is -0.313 e. The van der Waals surface area contributed by atoms with Crippen molar-refractivity contribution in [1.82, 2.24) is 5.32 Å². The fraction of sp³-hybridized carbons (Fsp3) is 1.00. The van der Waals surface area contributed by atoms with Crippen LogP contribution < -0.4 is 5.32 Å². The SMILES string of the molecule is C1CC[C@@H]2[C@H](C1)CC[C@@H]1CCCN[C@H]12. The summed E-state index contributed by atoms with van der Waals surface area (Å²) in [6.45, 7) is 1.30. The molecule has 2 aliphatic carbocycles. The van der Waals surface area contributed by atoms with Gasteiger partial charge in [0.15, 0.2) is 0 Å². The quantitative estimate of drug-likeness (QED) is 0.623. The molecule has 0 unspecified atom stereocenters. The molecule has 3 aliphatic rings. The van der Waals surface area contributed by atoms with Gasteiger partial charge in [0, 0.05) is 6.04 Å². The van der Waals surface area contributed by atoms with Crippen molar-refractivity contribution in [3.05, 3.63) is 0 Å². The van der Waals surface area contributed by atoms with Gasteiger partial charge >= 0.3 is 0 Å². The summed E-state index contributed by atoms with van der Waals surface area (Å²) in [6, 6.07) is 0.919. The summed E-state index contributed by atoms with van der Waals surface area (Å²) in [5, 5.41) is 3.82. The standard InChI is InChI=1S/C13H23N/c1-2-6-12-10(4-1)7-8-11-5-3-9-14-13(11)12/h10-14H,1-9H2/t10-,11+,12-,13-/m1/s1. The molecule has 1 heterocycles. The van der Waals surface area contributed by atoms with Crippen molar-refractivity contribution < 1.29 is 0 Å². The molecule has 0 amide bonds. The van der Waals surface area contributed by atoms with Gasteiger partial charge in [0.1, 0.15) is 0 Å². The van der Waals surface area contributed by atoms with Crippen LogP contribution >= 0.6 is 0 Å². The van der Waals surface area contributed by atoms with Crippen molar-refractivity contribution in [2.45, 2.75) is 57.4 Å². The van der Waals surface area contributed by atoms with Gasteiger partial charge in [0.05, 0.1) is 0 Å². The van der Waals surface area contributed by atoms with Gasteiger partial charge in [-0.3, -0.25) is 0 Å². The Labute approximate surface area is 87.7 Å². The monoisotopic (exact) mass is 193 g/mol. The Hall–Kier alpha value is -0.0400. The summed E-state index contributed by atoms with van der Waals surface area (Å²) in [4.78, 5) is 0. The van der Waals surface area contributed by atoms with E-state index in [2.05, 4.69) is 5.32 Å². The highest BCUT2D eigenvalue weighted by molar-refractivity contribution is 4.95. The van der Waals surface area contributed by atoms with Crippen LogP contribution in [0.3, 0.4) is 0 Å². The highest BCUT2D eigenvalue weighted by atomic mass is 14.9. The summed E-state index contributed by atoms with van der Waals surface area (Å²) in [5.74, 6) is 3.20. The van der Waals surface area contributed by atoms with Crippen LogP contribution in [0.1, 0.15) is 51.4 Å². The zero-order valence-corrected chi connectivity index (χ0v) is 9.17. The summed E-state index contributed by atoms with van der Waals surface area (Å²) < 4.78 is 0. The largest absolute Gasteiger partial charge is 0.313 e. The van der Waals surface area contributed by atoms with Gasteiger partial charge in [0.2, 0.25) is 0 Å². The minimum absolute atomic E-state index is 0.919. The predicted molar refractivity (Wildman–Crippen MR) is 59.2 cm³/mol. The first-order valence-corrected chi connectivity index (χ1v) is 6.68. The Kier molecular flexibility index (Phi) is 2.53. The molecule has 14 heavy (non-hydrogen) atoms. The van der Waals surface area contributed by atoms with Crippen LogP contribution in [-0.2, 0) is 0 Å². The first-order chi connectivity index (χ1) is 6.95. The lowest BCUT2D eigenvalue weighted by atomic mass is 9.63. The van der Waals surface area contributed by atoms with Crippen molar-refractivity contribution in [3.8, 4) is 0 Å². The van der Waals surface area contributed by atoms with E-state index in [9.17, 15) is 0 Å². The van der Waals surface area contributed by atoms with Crippen LogP contribution in [0.2, 0.25) is 0 Å². The molecule has 4 atom stereocenters. The normalized spacial score (nSPS) is 48.0. The molecule has 0 spiro atoms. The molecule has 1 nitrogen and oxygen atoms in total. The summed E-state index contributed by atoms with van der Waals surface area (Å²) in [6.07, 6.45) is 12.1. The zero-order chi connectivity index (χ0) is 9.38. The predicted octanol–water partition coefficient (Wildman–Crippen LogP) is 2.95. The molecule has 80 valence electrons. The Bertz CT molecular complexity index is 179. The topological polar surface area (TPSA) is 12.0 Å². The lowest BCUT2D eigenvalue weighted by Gasteiger charge is -2.48. The average molecular weight is 193 g/mol. The van der Waals surface area contributed by atoms with Gasteiger partial charge in [-0.05, 0) is 56.4 Å². The van der Waals surface area contributed by atoms with E-state index in [1.165, 1.54) is 51.5 Å². The van der Waals surface area contributed by atoms with Gasteiger partial charge in [-0.2, -0.15) is 0 Å². The number of hydrogen-bond donors (Lipinski definition) is 1. The van der Waals surface area contributed by atoms with E-state index in [0.29, 0.717) is 0 Å². The summed E-state index contributed by atoms with van der Waals surface area (Å²) in [5.41, 5.74) is 0. The van der Waals surface area contributed by atoms with Crippen LogP contribution in [0.4, 0.5) is 0 Å². The Balaban J connectivity index is 1.74. The molecule has 1 heteroatoms. The van der Waals surface area contributed by atoms with Gasteiger partial charge in [-0.25, -0.2) is 0 Å². The maximum absolute atomic E-state index is 3.82.